The van der Waals surface area contributed by atoms with Gasteiger partial charge in [-0.2, -0.15) is 0 Å². The fourth-order valence-corrected chi connectivity index (χ4v) is 9.06. The van der Waals surface area contributed by atoms with Gasteiger partial charge in [-0.3, -0.25) is 4.98 Å². The summed E-state index contributed by atoms with van der Waals surface area (Å²) < 4.78 is 4.87. The number of pyridine rings is 1. The Labute approximate surface area is 299 Å². The first-order chi connectivity index (χ1) is 25.8. The summed E-state index contributed by atoms with van der Waals surface area (Å²) in [4.78, 5) is 4.54. The lowest BCUT2D eigenvalue weighted by Crippen LogP contribution is -1.95. The topological polar surface area (TPSA) is 22.8 Å². The van der Waals surface area contributed by atoms with Crippen molar-refractivity contribution in [2.75, 3.05) is 0 Å². The van der Waals surface area contributed by atoms with Gasteiger partial charge in [-0.25, -0.2) is 0 Å². The van der Waals surface area contributed by atoms with Crippen LogP contribution in [0.5, 0.6) is 0 Å². The molecule has 3 heteroatoms. The van der Waals surface area contributed by atoms with E-state index in [1.54, 1.807) is 0 Å². The summed E-state index contributed by atoms with van der Waals surface area (Å²) >= 11 is 0. The summed E-state index contributed by atoms with van der Waals surface area (Å²) in [7, 11) is 0. The van der Waals surface area contributed by atoms with Gasteiger partial charge in [0.1, 0.15) is 0 Å². The van der Waals surface area contributed by atoms with Crippen molar-refractivity contribution in [2.24, 2.45) is 0 Å². The molecule has 0 fully saturated rings. The van der Waals surface area contributed by atoms with Crippen LogP contribution in [0.1, 0.15) is 0 Å². The second-order valence-corrected chi connectivity index (χ2v) is 14.0. The average molecular weight is 660 g/mol. The van der Waals surface area contributed by atoms with E-state index in [1.807, 2.05) is 12.4 Å². The molecule has 3 aromatic heterocycles. The predicted octanol–water partition coefficient (Wildman–Crippen LogP) is 12.9. The van der Waals surface area contributed by atoms with Gasteiger partial charge < -0.3 is 9.13 Å². The molecule has 0 spiro atoms. The molecule has 0 saturated carbocycles. The van der Waals surface area contributed by atoms with Crippen LogP contribution in [0.3, 0.4) is 0 Å². The van der Waals surface area contributed by atoms with E-state index < -0.39 is 0 Å². The summed E-state index contributed by atoms with van der Waals surface area (Å²) in [5.74, 6) is 0. The molecule has 0 saturated heterocycles. The highest BCUT2D eigenvalue weighted by atomic mass is 15.0. The van der Waals surface area contributed by atoms with Gasteiger partial charge in [-0.15, -0.1) is 0 Å². The third-order valence-corrected chi connectivity index (χ3v) is 11.3. The van der Waals surface area contributed by atoms with Gasteiger partial charge in [0.25, 0.3) is 0 Å². The maximum atomic E-state index is 4.54. The van der Waals surface area contributed by atoms with E-state index in [1.165, 1.54) is 104 Å². The Morgan fingerprint density at radius 3 is 1.94 bits per heavy atom. The molecule has 1 aliphatic carbocycles. The van der Waals surface area contributed by atoms with Crippen LogP contribution in [0.15, 0.2) is 176 Å². The van der Waals surface area contributed by atoms with Crippen LogP contribution in [0.4, 0.5) is 0 Å². The van der Waals surface area contributed by atoms with Crippen molar-refractivity contribution in [3.05, 3.63) is 176 Å². The van der Waals surface area contributed by atoms with E-state index in [-0.39, 0.29) is 0 Å². The van der Waals surface area contributed by atoms with Crippen LogP contribution < -0.4 is 0 Å². The first-order valence-electron chi connectivity index (χ1n) is 17.9. The Morgan fingerprint density at radius 1 is 0.365 bits per heavy atom. The smallest absolute Gasteiger partial charge is 0.0619 e. The highest BCUT2D eigenvalue weighted by molar-refractivity contribution is 6.21. The Hall–Kier alpha value is -6.97. The summed E-state index contributed by atoms with van der Waals surface area (Å²) in [6.45, 7) is 0. The van der Waals surface area contributed by atoms with Crippen molar-refractivity contribution in [1.29, 1.82) is 0 Å². The van der Waals surface area contributed by atoms with E-state index in [2.05, 4.69) is 178 Å². The summed E-state index contributed by atoms with van der Waals surface area (Å²) in [5.41, 5.74) is 14.6. The van der Waals surface area contributed by atoms with Crippen LogP contribution in [0.25, 0.3) is 110 Å². The van der Waals surface area contributed by atoms with Crippen LogP contribution in [-0.4, -0.2) is 14.1 Å². The molecule has 0 bridgehead atoms. The number of fused-ring (bicyclic) bond motifs is 11. The molecule has 1 aliphatic rings. The third kappa shape index (κ3) is 3.72. The molecular weight excluding hydrogens is 631 g/mol. The van der Waals surface area contributed by atoms with E-state index in [4.69, 9.17) is 0 Å². The molecule has 3 nitrogen and oxygen atoms in total. The minimum Gasteiger partial charge on any atom is -0.309 e. The summed E-state index contributed by atoms with van der Waals surface area (Å²) in [6, 6.07) is 60.3. The maximum Gasteiger partial charge on any atom is 0.0619 e. The van der Waals surface area contributed by atoms with E-state index in [0.717, 1.165) is 5.69 Å². The van der Waals surface area contributed by atoms with Gasteiger partial charge in [-0.1, -0.05) is 103 Å². The van der Waals surface area contributed by atoms with Crippen molar-refractivity contribution in [1.82, 2.24) is 14.1 Å². The summed E-state index contributed by atoms with van der Waals surface area (Å²) in [5, 5.41) is 10.1. The standard InChI is InChI=1S/C49H29N3/c1-2-11-34(12-3-1)51-45-16-7-6-14-38(45)41-26-31(18-21-46(41)51)32-19-22-47-42(27-32)40-20-17-30-9-4-5-13-36(30)49(40)52(47)35-25-33-10-8-15-39-37-23-24-50-29-44(37)43(28-35)48(33)39/h1-29H. The average Bonchev–Trinajstić information content (AvgIpc) is 3.84. The molecular formula is C49H29N3. The molecule has 0 unspecified atom stereocenters. The van der Waals surface area contributed by atoms with E-state index in [0.29, 0.717) is 0 Å². The van der Waals surface area contributed by atoms with Gasteiger partial charge >= 0.3 is 0 Å². The Kier molecular flexibility index (Phi) is 5.50. The van der Waals surface area contributed by atoms with Crippen molar-refractivity contribution < 1.29 is 0 Å². The number of nitrogens with zero attached hydrogens (tertiary/aromatic N) is 3. The highest BCUT2D eigenvalue weighted by Crippen LogP contribution is 2.49. The van der Waals surface area contributed by atoms with Gasteiger partial charge in [-0.05, 0) is 105 Å². The fraction of sp³-hybridized carbons (Fsp3) is 0. The fourth-order valence-electron chi connectivity index (χ4n) is 9.06. The Morgan fingerprint density at radius 2 is 1.08 bits per heavy atom. The molecule has 8 aromatic carbocycles. The van der Waals surface area contributed by atoms with Crippen LogP contribution >= 0.6 is 0 Å². The summed E-state index contributed by atoms with van der Waals surface area (Å²) in [6.07, 6.45) is 3.93. The third-order valence-electron chi connectivity index (χ3n) is 11.3. The quantitative estimate of drug-likeness (QED) is 0.185. The maximum absolute atomic E-state index is 4.54. The monoisotopic (exact) mass is 659 g/mol. The molecule has 0 aliphatic heterocycles. The molecule has 0 amide bonds. The zero-order chi connectivity index (χ0) is 33.9. The lowest BCUT2D eigenvalue weighted by atomic mass is 10.00. The molecule has 0 atom stereocenters. The zero-order valence-electron chi connectivity index (χ0n) is 28.1. The van der Waals surface area contributed by atoms with Gasteiger partial charge in [0.05, 0.1) is 22.1 Å². The number of para-hydroxylation sites is 2. The minimum absolute atomic E-state index is 1.16. The lowest BCUT2D eigenvalue weighted by molar-refractivity contribution is 1.18. The van der Waals surface area contributed by atoms with Crippen molar-refractivity contribution >= 4 is 65.2 Å². The molecule has 12 rings (SSSR count). The molecule has 0 N–H and O–H groups in total. The van der Waals surface area contributed by atoms with Crippen LogP contribution in [0.2, 0.25) is 0 Å². The predicted molar refractivity (Wildman–Crippen MR) is 218 cm³/mol. The van der Waals surface area contributed by atoms with Crippen molar-refractivity contribution in [3.63, 3.8) is 0 Å². The second-order valence-electron chi connectivity index (χ2n) is 14.0. The van der Waals surface area contributed by atoms with Crippen molar-refractivity contribution in [3.8, 4) is 44.8 Å². The zero-order valence-corrected chi connectivity index (χ0v) is 28.1. The van der Waals surface area contributed by atoms with Crippen LogP contribution in [0, 0.1) is 0 Å². The molecule has 240 valence electrons. The van der Waals surface area contributed by atoms with Crippen molar-refractivity contribution in [2.45, 2.75) is 0 Å². The number of rotatable bonds is 3. The van der Waals surface area contributed by atoms with Crippen LogP contribution in [-0.2, 0) is 0 Å². The van der Waals surface area contributed by atoms with Gasteiger partial charge in [0, 0.05) is 56.3 Å². The SMILES string of the molecule is c1ccc(-n2c3ccccc3c3cc(-c4ccc5c(c4)c4ccc6ccccc6c4n5-c4cc5c6c(cccc6c4)-c4ccncc4-5)ccc32)cc1. The van der Waals surface area contributed by atoms with Gasteiger partial charge in [0.2, 0.25) is 0 Å². The molecule has 52 heavy (non-hydrogen) atoms. The van der Waals surface area contributed by atoms with E-state index >= 15 is 0 Å². The highest BCUT2D eigenvalue weighted by Gasteiger charge is 2.24. The Balaban J connectivity index is 1.12. The Bertz CT molecular complexity index is 3290. The van der Waals surface area contributed by atoms with E-state index in [9.17, 15) is 0 Å². The number of hydrogen-bond donors (Lipinski definition) is 0. The minimum atomic E-state index is 1.16. The normalized spacial score (nSPS) is 12.2. The molecule has 3 heterocycles. The van der Waals surface area contributed by atoms with Gasteiger partial charge in [0.15, 0.2) is 0 Å². The number of benzene rings is 8. The second kappa shape index (κ2) is 10.3. The largest absolute Gasteiger partial charge is 0.309 e. The first-order valence-corrected chi connectivity index (χ1v) is 17.9. The lowest BCUT2D eigenvalue weighted by Gasteiger charge is -2.13. The number of aromatic nitrogens is 3. The molecule has 11 aromatic rings. The molecule has 0 radical (unpaired) electrons. The number of hydrogen-bond acceptors (Lipinski definition) is 1. The first kappa shape index (κ1) is 27.8.